The molecule has 140 valence electrons. The third-order valence-electron chi connectivity index (χ3n) is 3.99. The molecule has 0 spiro atoms. The van der Waals surface area contributed by atoms with Gasteiger partial charge in [0.15, 0.2) is 5.96 Å². The third-order valence-corrected chi connectivity index (χ3v) is 4.22. The van der Waals surface area contributed by atoms with Crippen LogP contribution in [0.4, 0.5) is 0 Å². The summed E-state index contributed by atoms with van der Waals surface area (Å²) in [5.41, 5.74) is 0. The van der Waals surface area contributed by atoms with Crippen LogP contribution in [0.15, 0.2) is 29.3 Å². The highest BCUT2D eigenvalue weighted by Crippen LogP contribution is 2.16. The monoisotopic (exact) mass is 368 g/mol. The van der Waals surface area contributed by atoms with Crippen LogP contribution >= 0.6 is 11.6 Å². The molecule has 0 amide bonds. The maximum atomic E-state index is 5.95. The lowest BCUT2D eigenvalue weighted by Gasteiger charge is -2.31. The van der Waals surface area contributed by atoms with Crippen molar-refractivity contribution in [3.63, 3.8) is 0 Å². The number of guanidine groups is 1. The molecule has 1 fully saturated rings. The standard InChI is InChI=1S/C18H29ClN4O2/c1-3-20-18(22-14-15(2)23-8-11-24-12-9-23)21-7-10-25-17-6-4-5-16(19)13-17/h4-6,13,15H,3,7-12,14H2,1-2H3,(H2,20,21,22). The summed E-state index contributed by atoms with van der Waals surface area (Å²) in [6.07, 6.45) is 0. The third kappa shape index (κ3) is 7.50. The molecule has 1 unspecified atom stereocenters. The van der Waals surface area contributed by atoms with Crippen molar-refractivity contribution in [3.05, 3.63) is 29.3 Å². The Bertz CT molecular complexity index is 536. The van der Waals surface area contributed by atoms with E-state index in [4.69, 9.17) is 21.1 Å². The molecule has 7 heteroatoms. The van der Waals surface area contributed by atoms with Crippen LogP contribution in [0.25, 0.3) is 0 Å². The maximum Gasteiger partial charge on any atom is 0.191 e. The summed E-state index contributed by atoms with van der Waals surface area (Å²) in [5.74, 6) is 1.59. The van der Waals surface area contributed by atoms with Crippen molar-refractivity contribution in [1.29, 1.82) is 0 Å². The van der Waals surface area contributed by atoms with E-state index in [1.807, 2.05) is 24.3 Å². The first-order valence-electron chi connectivity index (χ1n) is 8.91. The zero-order valence-corrected chi connectivity index (χ0v) is 15.9. The largest absolute Gasteiger partial charge is 0.492 e. The zero-order chi connectivity index (χ0) is 17.9. The average Bonchev–Trinajstić information content (AvgIpc) is 2.63. The van der Waals surface area contributed by atoms with Gasteiger partial charge in [-0.3, -0.25) is 9.89 Å². The van der Waals surface area contributed by atoms with Gasteiger partial charge in [0, 0.05) is 30.7 Å². The first-order chi connectivity index (χ1) is 12.2. The van der Waals surface area contributed by atoms with E-state index in [2.05, 4.69) is 34.4 Å². The van der Waals surface area contributed by atoms with Crippen molar-refractivity contribution in [3.8, 4) is 5.75 Å². The van der Waals surface area contributed by atoms with E-state index in [1.165, 1.54) is 0 Å². The van der Waals surface area contributed by atoms with E-state index in [-0.39, 0.29) is 0 Å². The number of rotatable bonds is 8. The summed E-state index contributed by atoms with van der Waals surface area (Å²) in [6, 6.07) is 7.82. The minimum absolute atomic E-state index is 0.405. The molecule has 1 heterocycles. The number of halogens is 1. The predicted octanol–water partition coefficient (Wildman–Crippen LogP) is 1.99. The Morgan fingerprint density at radius 2 is 2.16 bits per heavy atom. The Balaban J connectivity index is 1.73. The van der Waals surface area contributed by atoms with Crippen molar-refractivity contribution < 1.29 is 9.47 Å². The molecule has 1 aliphatic rings. The molecule has 1 aromatic rings. The fourth-order valence-electron chi connectivity index (χ4n) is 2.59. The molecule has 2 rings (SSSR count). The lowest BCUT2D eigenvalue weighted by atomic mass is 10.2. The molecule has 1 saturated heterocycles. The second-order valence-corrected chi connectivity index (χ2v) is 6.39. The summed E-state index contributed by atoms with van der Waals surface area (Å²) < 4.78 is 11.1. The van der Waals surface area contributed by atoms with Crippen molar-refractivity contribution in [1.82, 2.24) is 15.5 Å². The van der Waals surface area contributed by atoms with E-state index in [0.29, 0.717) is 24.2 Å². The number of hydrogen-bond donors (Lipinski definition) is 2. The number of nitrogens with zero attached hydrogens (tertiary/aromatic N) is 2. The molecular weight excluding hydrogens is 340 g/mol. The van der Waals surface area contributed by atoms with Crippen LogP contribution < -0.4 is 15.4 Å². The van der Waals surface area contributed by atoms with Gasteiger partial charge in [0.1, 0.15) is 12.4 Å². The number of ether oxygens (including phenoxy) is 2. The average molecular weight is 369 g/mol. The molecule has 0 aromatic heterocycles. The Morgan fingerprint density at radius 3 is 2.88 bits per heavy atom. The molecule has 1 aromatic carbocycles. The summed E-state index contributed by atoms with van der Waals surface area (Å²) >= 11 is 5.95. The van der Waals surface area contributed by atoms with Gasteiger partial charge in [-0.25, -0.2) is 0 Å². The van der Waals surface area contributed by atoms with Crippen LogP contribution in [-0.2, 0) is 4.74 Å². The highest BCUT2D eigenvalue weighted by molar-refractivity contribution is 6.30. The summed E-state index contributed by atoms with van der Waals surface area (Å²) in [6.45, 7) is 10.7. The van der Waals surface area contributed by atoms with Gasteiger partial charge in [0.25, 0.3) is 0 Å². The van der Waals surface area contributed by atoms with E-state index in [0.717, 1.165) is 51.1 Å². The van der Waals surface area contributed by atoms with Gasteiger partial charge in [0.05, 0.1) is 26.3 Å². The molecule has 0 saturated carbocycles. The van der Waals surface area contributed by atoms with E-state index in [9.17, 15) is 0 Å². The molecule has 0 radical (unpaired) electrons. The Morgan fingerprint density at radius 1 is 1.36 bits per heavy atom. The Kier molecular flexibility index (Phi) is 8.86. The highest BCUT2D eigenvalue weighted by atomic mass is 35.5. The van der Waals surface area contributed by atoms with Crippen LogP contribution in [0.5, 0.6) is 5.75 Å². The molecule has 1 aliphatic heterocycles. The molecule has 6 nitrogen and oxygen atoms in total. The van der Waals surface area contributed by atoms with E-state index in [1.54, 1.807) is 0 Å². The minimum atomic E-state index is 0.405. The van der Waals surface area contributed by atoms with Crippen LogP contribution in [0, 0.1) is 0 Å². The molecule has 2 N–H and O–H groups in total. The fourth-order valence-corrected chi connectivity index (χ4v) is 2.77. The Labute approximate surface area is 155 Å². The fraction of sp³-hybridized carbons (Fsp3) is 0.611. The van der Waals surface area contributed by atoms with Gasteiger partial charge in [-0.15, -0.1) is 0 Å². The summed E-state index contributed by atoms with van der Waals surface area (Å²) in [5, 5.41) is 7.25. The second kappa shape index (κ2) is 11.2. The van der Waals surface area contributed by atoms with Crippen molar-refractivity contribution in [2.24, 2.45) is 4.99 Å². The quantitative estimate of drug-likeness (QED) is 0.417. The molecule has 1 atom stereocenters. The summed E-state index contributed by atoms with van der Waals surface area (Å²) in [7, 11) is 0. The molecule has 0 bridgehead atoms. The number of nitrogens with one attached hydrogen (secondary N) is 2. The van der Waals surface area contributed by atoms with E-state index < -0.39 is 0 Å². The SMILES string of the molecule is CCNC(=NCC(C)N1CCOCC1)NCCOc1cccc(Cl)c1. The normalized spacial score (nSPS) is 17.2. The van der Waals surface area contributed by atoms with Gasteiger partial charge in [0.2, 0.25) is 0 Å². The number of benzene rings is 1. The van der Waals surface area contributed by atoms with Crippen LogP contribution in [0.2, 0.25) is 5.02 Å². The number of morpholine rings is 1. The van der Waals surface area contributed by atoms with Gasteiger partial charge in [-0.1, -0.05) is 17.7 Å². The Hall–Kier alpha value is -1.50. The predicted molar refractivity (Wildman–Crippen MR) is 103 cm³/mol. The van der Waals surface area contributed by atoms with Crippen molar-refractivity contribution in [2.45, 2.75) is 19.9 Å². The number of hydrogen-bond acceptors (Lipinski definition) is 4. The maximum absolute atomic E-state index is 5.95. The highest BCUT2D eigenvalue weighted by Gasteiger charge is 2.16. The molecular formula is C18H29ClN4O2. The number of aliphatic imine (C=N–C) groups is 1. The topological polar surface area (TPSA) is 58.1 Å². The first kappa shape index (κ1) is 19.8. The lowest BCUT2D eigenvalue weighted by Crippen LogP contribution is -2.44. The first-order valence-corrected chi connectivity index (χ1v) is 9.29. The van der Waals surface area contributed by atoms with Crippen molar-refractivity contribution >= 4 is 17.6 Å². The lowest BCUT2D eigenvalue weighted by molar-refractivity contribution is 0.0220. The van der Waals surface area contributed by atoms with Crippen LogP contribution in [0.3, 0.4) is 0 Å². The van der Waals surface area contributed by atoms with Crippen molar-refractivity contribution in [2.75, 3.05) is 52.5 Å². The summed E-state index contributed by atoms with van der Waals surface area (Å²) in [4.78, 5) is 7.10. The van der Waals surface area contributed by atoms with Gasteiger partial charge < -0.3 is 20.1 Å². The van der Waals surface area contributed by atoms with Gasteiger partial charge >= 0.3 is 0 Å². The van der Waals surface area contributed by atoms with E-state index >= 15 is 0 Å². The molecule has 25 heavy (non-hydrogen) atoms. The van der Waals surface area contributed by atoms with Crippen LogP contribution in [0.1, 0.15) is 13.8 Å². The smallest absolute Gasteiger partial charge is 0.191 e. The van der Waals surface area contributed by atoms with Gasteiger partial charge in [-0.05, 0) is 32.0 Å². The van der Waals surface area contributed by atoms with Gasteiger partial charge in [-0.2, -0.15) is 0 Å². The van der Waals surface area contributed by atoms with Crippen LogP contribution in [-0.4, -0.2) is 69.4 Å². The second-order valence-electron chi connectivity index (χ2n) is 5.95. The minimum Gasteiger partial charge on any atom is -0.492 e. The zero-order valence-electron chi connectivity index (χ0n) is 15.1. The molecule has 0 aliphatic carbocycles.